The highest BCUT2D eigenvalue weighted by atomic mass is 16.3. The summed E-state index contributed by atoms with van der Waals surface area (Å²) in [5.41, 5.74) is 1.80. The molecule has 0 radical (unpaired) electrons. The van der Waals surface area contributed by atoms with Gasteiger partial charge in [-0.3, -0.25) is 0 Å². The smallest absolute Gasteiger partial charge is 0.141 e. The van der Waals surface area contributed by atoms with Crippen LogP contribution in [0.3, 0.4) is 0 Å². The Morgan fingerprint density at radius 3 is 3.08 bits per heavy atom. The van der Waals surface area contributed by atoms with Gasteiger partial charge in [0.25, 0.3) is 0 Å². The summed E-state index contributed by atoms with van der Waals surface area (Å²) in [6, 6.07) is 5.64. The number of hydrogen-bond acceptors (Lipinski definition) is 2. The molecule has 3 rings (SSSR count). The van der Waals surface area contributed by atoms with Crippen LogP contribution in [0.5, 0.6) is 5.75 Å². The summed E-state index contributed by atoms with van der Waals surface area (Å²) in [6.45, 7) is 0. The van der Waals surface area contributed by atoms with Gasteiger partial charge in [0.05, 0.1) is 5.52 Å². The summed E-state index contributed by atoms with van der Waals surface area (Å²) in [6.07, 6.45) is 4.22. The zero-order valence-corrected chi connectivity index (χ0v) is 7.14. The lowest BCUT2D eigenvalue weighted by atomic mass is 10.2. The van der Waals surface area contributed by atoms with Gasteiger partial charge in [0.2, 0.25) is 0 Å². The van der Waals surface area contributed by atoms with Gasteiger partial charge < -0.3 is 5.11 Å². The van der Waals surface area contributed by atoms with E-state index in [1.807, 2.05) is 22.8 Å². The quantitative estimate of drug-likeness (QED) is 0.717. The van der Waals surface area contributed by atoms with Gasteiger partial charge in [-0.25, -0.2) is 4.52 Å². The predicted molar refractivity (Wildman–Crippen MR) is 48.8 cm³/mol. The lowest BCUT2D eigenvalue weighted by Gasteiger charge is -2.02. The SMILES string of the molecule is Oc1cc2cccn2nc1C1CC1. The molecule has 1 fully saturated rings. The third-order valence-electron chi connectivity index (χ3n) is 2.49. The van der Waals surface area contributed by atoms with E-state index in [1.54, 1.807) is 6.07 Å². The van der Waals surface area contributed by atoms with Gasteiger partial charge >= 0.3 is 0 Å². The Bertz CT molecular complexity index is 457. The van der Waals surface area contributed by atoms with Crippen LogP contribution >= 0.6 is 0 Å². The Hall–Kier alpha value is -1.51. The van der Waals surface area contributed by atoms with Crippen LogP contribution in [0.4, 0.5) is 0 Å². The van der Waals surface area contributed by atoms with Crippen molar-refractivity contribution in [3.05, 3.63) is 30.1 Å². The molecular weight excluding hydrogens is 164 g/mol. The van der Waals surface area contributed by atoms with Crippen LogP contribution < -0.4 is 0 Å². The molecule has 2 aromatic rings. The van der Waals surface area contributed by atoms with Gasteiger partial charge in [-0.2, -0.15) is 5.10 Å². The van der Waals surface area contributed by atoms with Crippen LogP contribution in [0.1, 0.15) is 24.5 Å². The van der Waals surface area contributed by atoms with Crippen LogP contribution in [0.15, 0.2) is 24.4 Å². The average Bonchev–Trinajstić information content (AvgIpc) is 2.85. The number of rotatable bonds is 1. The molecule has 0 amide bonds. The summed E-state index contributed by atoms with van der Waals surface area (Å²) in [5.74, 6) is 0.834. The summed E-state index contributed by atoms with van der Waals surface area (Å²) >= 11 is 0. The maximum absolute atomic E-state index is 9.66. The molecule has 0 aliphatic heterocycles. The topological polar surface area (TPSA) is 37.5 Å². The third-order valence-corrected chi connectivity index (χ3v) is 2.49. The second-order valence-corrected chi connectivity index (χ2v) is 3.57. The first-order valence-corrected chi connectivity index (χ1v) is 4.52. The summed E-state index contributed by atoms with van der Waals surface area (Å²) < 4.78 is 1.81. The van der Waals surface area contributed by atoms with Crippen molar-refractivity contribution in [2.24, 2.45) is 0 Å². The highest BCUT2D eigenvalue weighted by molar-refractivity contribution is 5.52. The Balaban J connectivity index is 2.27. The maximum Gasteiger partial charge on any atom is 0.141 e. The predicted octanol–water partition coefficient (Wildman–Crippen LogP) is 1.92. The zero-order valence-electron chi connectivity index (χ0n) is 7.14. The molecule has 1 aliphatic rings. The number of nitrogens with zero attached hydrogens (tertiary/aromatic N) is 2. The Morgan fingerprint density at radius 2 is 2.31 bits per heavy atom. The summed E-state index contributed by atoms with van der Waals surface area (Å²) in [7, 11) is 0. The molecule has 1 saturated carbocycles. The maximum atomic E-state index is 9.66. The van der Waals surface area contributed by atoms with Crippen LogP contribution in [-0.2, 0) is 0 Å². The van der Waals surface area contributed by atoms with Crippen molar-refractivity contribution in [2.45, 2.75) is 18.8 Å². The van der Waals surface area contributed by atoms with E-state index in [-0.39, 0.29) is 0 Å². The van der Waals surface area contributed by atoms with E-state index < -0.39 is 0 Å². The lowest BCUT2D eigenvalue weighted by molar-refractivity contribution is 0.461. The first-order chi connectivity index (χ1) is 6.34. The van der Waals surface area contributed by atoms with Gasteiger partial charge in [-0.15, -0.1) is 0 Å². The van der Waals surface area contributed by atoms with E-state index in [2.05, 4.69) is 5.10 Å². The molecule has 1 N–H and O–H groups in total. The van der Waals surface area contributed by atoms with E-state index in [4.69, 9.17) is 0 Å². The molecule has 0 unspecified atom stereocenters. The minimum atomic E-state index is 0.341. The molecule has 3 nitrogen and oxygen atoms in total. The van der Waals surface area contributed by atoms with E-state index in [9.17, 15) is 5.11 Å². The molecule has 0 aromatic carbocycles. The molecule has 1 aliphatic carbocycles. The highest BCUT2D eigenvalue weighted by Crippen LogP contribution is 2.42. The van der Waals surface area contributed by atoms with Crippen molar-refractivity contribution < 1.29 is 5.11 Å². The van der Waals surface area contributed by atoms with Gasteiger partial charge in [0.15, 0.2) is 0 Å². The van der Waals surface area contributed by atoms with E-state index in [0.29, 0.717) is 11.7 Å². The summed E-state index contributed by atoms with van der Waals surface area (Å²) in [5, 5.41) is 14.0. The van der Waals surface area contributed by atoms with Gasteiger partial charge in [-0.05, 0) is 25.0 Å². The van der Waals surface area contributed by atoms with Crippen LogP contribution in [-0.4, -0.2) is 14.7 Å². The Morgan fingerprint density at radius 1 is 1.46 bits per heavy atom. The first kappa shape index (κ1) is 6.95. The molecule has 3 heteroatoms. The summed E-state index contributed by atoms with van der Waals surface area (Å²) in [4.78, 5) is 0. The van der Waals surface area contributed by atoms with Crippen molar-refractivity contribution in [3.63, 3.8) is 0 Å². The standard InChI is InChI=1S/C10H10N2O/c13-9-6-8-2-1-5-12(8)11-10(9)7-3-4-7/h1-2,5-7,13H,3-4H2. The molecule has 2 aromatic heterocycles. The van der Waals surface area contributed by atoms with Crippen molar-refractivity contribution in [1.29, 1.82) is 0 Å². The fourth-order valence-corrected chi connectivity index (χ4v) is 1.62. The molecule has 66 valence electrons. The highest BCUT2D eigenvalue weighted by Gasteiger charge is 2.28. The molecule has 0 spiro atoms. The van der Waals surface area contributed by atoms with Gasteiger partial charge in [0.1, 0.15) is 11.4 Å². The van der Waals surface area contributed by atoms with Gasteiger partial charge in [-0.1, -0.05) is 0 Å². The largest absolute Gasteiger partial charge is 0.506 e. The fourth-order valence-electron chi connectivity index (χ4n) is 1.62. The molecule has 2 heterocycles. The average molecular weight is 174 g/mol. The molecule has 13 heavy (non-hydrogen) atoms. The molecular formula is C10H10N2O. The number of hydrogen-bond donors (Lipinski definition) is 1. The van der Waals surface area contributed by atoms with Crippen molar-refractivity contribution in [2.75, 3.05) is 0 Å². The second-order valence-electron chi connectivity index (χ2n) is 3.57. The minimum Gasteiger partial charge on any atom is -0.506 e. The van der Waals surface area contributed by atoms with Crippen molar-refractivity contribution in [1.82, 2.24) is 9.61 Å². The first-order valence-electron chi connectivity index (χ1n) is 4.52. The zero-order chi connectivity index (χ0) is 8.84. The molecule has 0 atom stereocenters. The fraction of sp³-hybridized carbons (Fsp3) is 0.300. The number of fused-ring (bicyclic) bond motifs is 1. The van der Waals surface area contributed by atoms with Crippen LogP contribution in [0.2, 0.25) is 0 Å². The lowest BCUT2D eigenvalue weighted by Crippen LogP contribution is -1.95. The normalized spacial score (nSPS) is 16.6. The molecule has 0 saturated heterocycles. The Kier molecular flexibility index (Phi) is 1.20. The third kappa shape index (κ3) is 1.00. The Labute approximate surface area is 75.6 Å². The number of aromatic hydroxyl groups is 1. The van der Waals surface area contributed by atoms with E-state index in [1.165, 1.54) is 0 Å². The molecule has 0 bridgehead atoms. The number of aromatic nitrogens is 2. The van der Waals surface area contributed by atoms with Crippen LogP contribution in [0, 0.1) is 0 Å². The monoisotopic (exact) mass is 174 g/mol. The second kappa shape index (κ2) is 2.25. The van der Waals surface area contributed by atoms with Crippen LogP contribution in [0.25, 0.3) is 5.52 Å². The minimum absolute atomic E-state index is 0.341. The van der Waals surface area contributed by atoms with Gasteiger partial charge in [0, 0.05) is 18.2 Å². The van der Waals surface area contributed by atoms with Crippen molar-refractivity contribution >= 4 is 5.52 Å². The van der Waals surface area contributed by atoms with Crippen molar-refractivity contribution in [3.8, 4) is 5.75 Å². The van der Waals surface area contributed by atoms with E-state index in [0.717, 1.165) is 24.1 Å². The van der Waals surface area contributed by atoms with E-state index >= 15 is 0 Å².